The van der Waals surface area contributed by atoms with Gasteiger partial charge in [0.15, 0.2) is 5.82 Å². The number of benzene rings is 1. The molecule has 1 amide bonds. The van der Waals surface area contributed by atoms with E-state index in [0.717, 1.165) is 30.0 Å². The van der Waals surface area contributed by atoms with E-state index >= 15 is 0 Å². The molecule has 1 aliphatic rings. The summed E-state index contributed by atoms with van der Waals surface area (Å²) >= 11 is 1.26. The number of carbonyl (C=O) groups is 1. The van der Waals surface area contributed by atoms with E-state index in [9.17, 15) is 4.79 Å². The summed E-state index contributed by atoms with van der Waals surface area (Å²) in [6.07, 6.45) is 2.24. The van der Waals surface area contributed by atoms with Crippen LogP contribution >= 0.6 is 11.3 Å². The lowest BCUT2D eigenvalue weighted by atomic mass is 10.2. The SMILES string of the molecule is COc1ccc(CNC(=O)c2nn3c(C4CC4)nnc3s2)cc1. The van der Waals surface area contributed by atoms with E-state index in [1.807, 2.05) is 24.3 Å². The van der Waals surface area contributed by atoms with Crippen molar-refractivity contribution in [2.24, 2.45) is 0 Å². The van der Waals surface area contributed by atoms with Crippen molar-refractivity contribution in [3.8, 4) is 5.75 Å². The van der Waals surface area contributed by atoms with Crippen molar-refractivity contribution < 1.29 is 9.53 Å². The van der Waals surface area contributed by atoms with E-state index in [1.54, 1.807) is 11.6 Å². The van der Waals surface area contributed by atoms with Crippen molar-refractivity contribution in [2.45, 2.75) is 25.3 Å². The van der Waals surface area contributed by atoms with Crippen LogP contribution in [0.5, 0.6) is 5.75 Å². The highest BCUT2D eigenvalue weighted by Crippen LogP contribution is 2.39. The monoisotopic (exact) mass is 329 g/mol. The van der Waals surface area contributed by atoms with Gasteiger partial charge in [-0.15, -0.1) is 15.3 Å². The minimum Gasteiger partial charge on any atom is -0.497 e. The Hall–Kier alpha value is -2.48. The predicted octanol–water partition coefficient (Wildman–Crippen LogP) is 2.00. The first-order valence-electron chi connectivity index (χ1n) is 7.38. The highest BCUT2D eigenvalue weighted by atomic mass is 32.1. The number of rotatable bonds is 5. The molecule has 0 atom stereocenters. The molecule has 0 saturated heterocycles. The van der Waals surface area contributed by atoms with Gasteiger partial charge >= 0.3 is 0 Å². The van der Waals surface area contributed by atoms with Crippen LogP contribution in [0.2, 0.25) is 0 Å². The van der Waals surface area contributed by atoms with Gasteiger partial charge in [-0.1, -0.05) is 23.5 Å². The summed E-state index contributed by atoms with van der Waals surface area (Å²) < 4.78 is 6.81. The fourth-order valence-corrected chi connectivity index (χ4v) is 3.08. The molecule has 3 aromatic rings. The Morgan fingerprint density at radius 2 is 2.13 bits per heavy atom. The molecule has 0 radical (unpaired) electrons. The number of hydrogen-bond donors (Lipinski definition) is 1. The minimum absolute atomic E-state index is 0.196. The van der Waals surface area contributed by atoms with Gasteiger partial charge in [0.05, 0.1) is 7.11 Å². The van der Waals surface area contributed by atoms with E-state index in [2.05, 4.69) is 20.6 Å². The van der Waals surface area contributed by atoms with Gasteiger partial charge in [-0.2, -0.15) is 4.52 Å². The van der Waals surface area contributed by atoms with E-state index in [4.69, 9.17) is 4.74 Å². The van der Waals surface area contributed by atoms with Gasteiger partial charge in [0, 0.05) is 12.5 Å². The van der Waals surface area contributed by atoms with Crippen molar-refractivity contribution in [1.82, 2.24) is 25.1 Å². The number of methoxy groups -OCH3 is 1. The molecule has 0 spiro atoms. The van der Waals surface area contributed by atoms with Crippen LogP contribution in [-0.4, -0.2) is 32.8 Å². The smallest absolute Gasteiger partial charge is 0.282 e. The zero-order valence-electron chi connectivity index (χ0n) is 12.5. The molecule has 1 N–H and O–H groups in total. The highest BCUT2D eigenvalue weighted by Gasteiger charge is 2.30. The van der Waals surface area contributed by atoms with Crippen LogP contribution in [0.1, 0.15) is 39.9 Å². The second kappa shape index (κ2) is 5.62. The topological polar surface area (TPSA) is 81.4 Å². The summed E-state index contributed by atoms with van der Waals surface area (Å²) in [6.45, 7) is 0.443. The maximum atomic E-state index is 12.3. The second-order valence-electron chi connectivity index (χ2n) is 5.46. The molecule has 2 heterocycles. The van der Waals surface area contributed by atoms with Gasteiger partial charge in [0.25, 0.3) is 5.91 Å². The number of nitrogens with one attached hydrogen (secondary N) is 1. The van der Waals surface area contributed by atoms with Crippen LogP contribution in [0.3, 0.4) is 0 Å². The number of amides is 1. The van der Waals surface area contributed by atoms with Gasteiger partial charge < -0.3 is 10.1 Å². The minimum atomic E-state index is -0.196. The lowest BCUT2D eigenvalue weighted by Gasteiger charge is -2.04. The number of ether oxygens (including phenoxy) is 1. The summed E-state index contributed by atoms with van der Waals surface area (Å²) in [7, 11) is 1.63. The van der Waals surface area contributed by atoms with Crippen LogP contribution in [0, 0.1) is 0 Å². The molecule has 1 fully saturated rings. The third-order valence-electron chi connectivity index (χ3n) is 3.76. The predicted molar refractivity (Wildman–Crippen MR) is 84.8 cm³/mol. The molecule has 0 aliphatic heterocycles. The molecular weight excluding hydrogens is 314 g/mol. The first kappa shape index (κ1) is 14.1. The molecule has 1 aliphatic carbocycles. The van der Waals surface area contributed by atoms with Gasteiger partial charge in [0.1, 0.15) is 5.75 Å². The molecule has 0 bridgehead atoms. The number of aromatic nitrogens is 4. The van der Waals surface area contributed by atoms with Gasteiger partial charge in [-0.3, -0.25) is 4.79 Å². The standard InChI is InChI=1S/C15H15N5O2S/c1-22-11-6-2-9(3-7-11)8-16-13(21)14-19-20-12(10-4-5-10)17-18-15(20)23-14/h2-3,6-7,10H,4-5,8H2,1H3,(H,16,21). The van der Waals surface area contributed by atoms with Gasteiger partial charge in [-0.05, 0) is 30.5 Å². The average molecular weight is 329 g/mol. The molecule has 8 heteroatoms. The lowest BCUT2D eigenvalue weighted by Crippen LogP contribution is -2.22. The van der Waals surface area contributed by atoms with Crippen LogP contribution in [0.25, 0.3) is 4.96 Å². The first-order valence-corrected chi connectivity index (χ1v) is 8.19. The fraction of sp³-hybridized carbons (Fsp3) is 0.333. The Labute approximate surface area is 136 Å². The normalized spacial score (nSPS) is 14.1. The van der Waals surface area contributed by atoms with E-state index < -0.39 is 0 Å². The number of nitrogens with zero attached hydrogens (tertiary/aromatic N) is 4. The largest absolute Gasteiger partial charge is 0.497 e. The maximum Gasteiger partial charge on any atom is 0.282 e. The Bertz CT molecular complexity index is 851. The molecular formula is C15H15N5O2S. The van der Waals surface area contributed by atoms with Crippen molar-refractivity contribution in [2.75, 3.05) is 7.11 Å². The fourth-order valence-electron chi connectivity index (χ4n) is 2.32. The zero-order valence-corrected chi connectivity index (χ0v) is 13.3. The number of fused-ring (bicyclic) bond motifs is 1. The Morgan fingerprint density at radius 1 is 1.35 bits per heavy atom. The molecule has 0 unspecified atom stereocenters. The molecule has 2 aromatic heterocycles. The molecule has 23 heavy (non-hydrogen) atoms. The summed E-state index contributed by atoms with van der Waals surface area (Å²) in [5.74, 6) is 1.91. The molecule has 1 aromatic carbocycles. The molecule has 4 rings (SSSR count). The summed E-state index contributed by atoms with van der Waals surface area (Å²) in [6, 6.07) is 7.57. The van der Waals surface area contributed by atoms with E-state index in [1.165, 1.54) is 11.3 Å². The van der Waals surface area contributed by atoms with Gasteiger partial charge in [-0.25, -0.2) is 0 Å². The average Bonchev–Trinajstić information content (AvgIpc) is 3.20. The van der Waals surface area contributed by atoms with Crippen molar-refractivity contribution in [1.29, 1.82) is 0 Å². The zero-order chi connectivity index (χ0) is 15.8. The highest BCUT2D eigenvalue weighted by molar-refractivity contribution is 7.18. The maximum absolute atomic E-state index is 12.3. The van der Waals surface area contributed by atoms with Crippen molar-refractivity contribution >= 4 is 22.2 Å². The van der Waals surface area contributed by atoms with Crippen molar-refractivity contribution in [3.05, 3.63) is 40.7 Å². The Kier molecular flexibility index (Phi) is 3.45. The van der Waals surface area contributed by atoms with Crippen LogP contribution < -0.4 is 10.1 Å². The Morgan fingerprint density at radius 3 is 2.83 bits per heavy atom. The number of hydrogen-bond acceptors (Lipinski definition) is 6. The lowest BCUT2D eigenvalue weighted by molar-refractivity contribution is 0.0949. The van der Waals surface area contributed by atoms with Crippen LogP contribution in [-0.2, 0) is 6.54 Å². The summed E-state index contributed by atoms with van der Waals surface area (Å²) in [4.78, 5) is 12.9. The molecule has 118 valence electrons. The van der Waals surface area contributed by atoms with Gasteiger partial charge in [0.2, 0.25) is 9.97 Å². The second-order valence-corrected chi connectivity index (χ2v) is 6.42. The number of carbonyl (C=O) groups excluding carboxylic acids is 1. The molecule has 1 saturated carbocycles. The first-order chi connectivity index (χ1) is 11.2. The molecule has 7 nitrogen and oxygen atoms in total. The summed E-state index contributed by atoms with van der Waals surface area (Å²) in [5.41, 5.74) is 1.00. The Balaban J connectivity index is 1.45. The van der Waals surface area contributed by atoms with Crippen LogP contribution in [0.15, 0.2) is 24.3 Å². The third-order valence-corrected chi connectivity index (χ3v) is 4.66. The quantitative estimate of drug-likeness (QED) is 0.774. The van der Waals surface area contributed by atoms with Crippen LogP contribution in [0.4, 0.5) is 0 Å². The van der Waals surface area contributed by atoms with E-state index in [-0.39, 0.29) is 5.91 Å². The van der Waals surface area contributed by atoms with Crippen molar-refractivity contribution in [3.63, 3.8) is 0 Å². The van der Waals surface area contributed by atoms with E-state index in [0.29, 0.717) is 22.4 Å². The summed E-state index contributed by atoms with van der Waals surface area (Å²) in [5, 5.41) is 15.9. The third kappa shape index (κ3) is 2.77.